The minimum Gasteiger partial charge on any atom is -0.290 e. The third-order valence-corrected chi connectivity index (χ3v) is 4.45. The Balaban J connectivity index is 5.97. The zero-order valence-corrected chi connectivity index (χ0v) is 16.6. The maximum absolute atomic E-state index is 2.75. The lowest BCUT2D eigenvalue weighted by molar-refractivity contribution is -0.0881. The van der Waals surface area contributed by atoms with Gasteiger partial charge in [0, 0.05) is 17.1 Å². The highest BCUT2D eigenvalue weighted by Crippen LogP contribution is 2.44. The summed E-state index contributed by atoms with van der Waals surface area (Å²) in [5.74, 6) is 0.626. The van der Waals surface area contributed by atoms with Crippen LogP contribution in [0.25, 0.3) is 0 Å². The van der Waals surface area contributed by atoms with Crippen molar-refractivity contribution in [1.82, 2.24) is 4.90 Å². The van der Waals surface area contributed by atoms with Gasteiger partial charge < -0.3 is 0 Å². The predicted molar refractivity (Wildman–Crippen MR) is 93.2 cm³/mol. The third-order valence-electron chi connectivity index (χ3n) is 4.45. The fraction of sp³-hybridized carbons (Fsp3) is 1.00. The summed E-state index contributed by atoms with van der Waals surface area (Å²) in [6.07, 6.45) is 0. The van der Waals surface area contributed by atoms with Crippen molar-refractivity contribution < 1.29 is 0 Å². The van der Waals surface area contributed by atoms with Crippen LogP contribution in [0.5, 0.6) is 0 Å². The van der Waals surface area contributed by atoms with Crippen LogP contribution in [0.1, 0.15) is 90.0 Å². The smallest absolute Gasteiger partial charge is 0.0185 e. The Hall–Kier alpha value is -0.0400. The van der Waals surface area contributed by atoms with Gasteiger partial charge >= 0.3 is 0 Å². The summed E-state index contributed by atoms with van der Waals surface area (Å²) in [6, 6.07) is 0.544. The lowest BCUT2D eigenvalue weighted by atomic mass is 9.66. The van der Waals surface area contributed by atoms with Crippen molar-refractivity contribution in [1.29, 1.82) is 0 Å². The first-order valence-electron chi connectivity index (χ1n) is 8.19. The van der Waals surface area contributed by atoms with E-state index < -0.39 is 0 Å². The molecule has 0 unspecified atom stereocenters. The molecule has 0 aliphatic rings. The lowest BCUT2D eigenvalue weighted by Gasteiger charge is -2.58. The van der Waals surface area contributed by atoms with Gasteiger partial charge in [-0.15, -0.1) is 0 Å². The minimum absolute atomic E-state index is 0.162. The topological polar surface area (TPSA) is 3.24 Å². The summed E-state index contributed by atoms with van der Waals surface area (Å²) in [4.78, 5) is 2.75. The average molecular weight is 284 g/mol. The largest absolute Gasteiger partial charge is 0.290 e. The molecule has 0 aliphatic carbocycles. The molecule has 0 spiro atoms. The van der Waals surface area contributed by atoms with Crippen molar-refractivity contribution in [3.05, 3.63) is 0 Å². The van der Waals surface area contributed by atoms with Gasteiger partial charge in [-0.05, 0) is 58.3 Å². The van der Waals surface area contributed by atoms with Gasteiger partial charge in [0.15, 0.2) is 0 Å². The van der Waals surface area contributed by atoms with Gasteiger partial charge in [0.25, 0.3) is 0 Å². The summed E-state index contributed by atoms with van der Waals surface area (Å²) in [7, 11) is 0. The molecule has 0 saturated heterocycles. The molecule has 0 aromatic rings. The van der Waals surface area contributed by atoms with Crippen LogP contribution < -0.4 is 0 Å². The first-order chi connectivity index (χ1) is 8.40. The van der Waals surface area contributed by atoms with Crippen LogP contribution in [0, 0.1) is 16.7 Å². The standard InChI is InChI=1S/C19H41N/c1-14(16(2,3)4)15(17(5,6)7)20(18(8,9)10)19(11,12)13/h14-15H,1-13H3/t14-,15+/m1/s1. The first-order valence-corrected chi connectivity index (χ1v) is 8.19. The van der Waals surface area contributed by atoms with Crippen LogP contribution in [0.4, 0.5) is 0 Å². The average Bonchev–Trinajstić information content (AvgIpc) is 2.04. The molecule has 20 heavy (non-hydrogen) atoms. The van der Waals surface area contributed by atoms with Crippen molar-refractivity contribution >= 4 is 0 Å². The normalized spacial score (nSPS) is 18.3. The van der Waals surface area contributed by atoms with Crippen molar-refractivity contribution in [2.24, 2.45) is 16.7 Å². The van der Waals surface area contributed by atoms with E-state index in [0.29, 0.717) is 17.4 Å². The van der Waals surface area contributed by atoms with Crippen molar-refractivity contribution in [3.63, 3.8) is 0 Å². The lowest BCUT2D eigenvalue weighted by Crippen LogP contribution is -2.64. The maximum atomic E-state index is 2.75. The molecule has 0 N–H and O–H groups in total. The molecule has 0 rings (SSSR count). The van der Waals surface area contributed by atoms with Crippen LogP contribution in [0.3, 0.4) is 0 Å². The molecule has 0 bridgehead atoms. The van der Waals surface area contributed by atoms with E-state index in [1.54, 1.807) is 0 Å². The van der Waals surface area contributed by atoms with Gasteiger partial charge in [0.2, 0.25) is 0 Å². The fourth-order valence-electron chi connectivity index (χ4n) is 3.68. The van der Waals surface area contributed by atoms with Gasteiger partial charge in [0.05, 0.1) is 0 Å². The number of hydrogen-bond donors (Lipinski definition) is 0. The van der Waals surface area contributed by atoms with Gasteiger partial charge in [-0.1, -0.05) is 48.5 Å². The van der Waals surface area contributed by atoms with Gasteiger partial charge in [-0.2, -0.15) is 0 Å². The second kappa shape index (κ2) is 5.63. The zero-order chi connectivity index (χ0) is 16.7. The third kappa shape index (κ3) is 5.06. The molecule has 0 aromatic heterocycles. The highest BCUT2D eigenvalue weighted by Gasteiger charge is 2.46. The molecule has 1 nitrogen and oxygen atoms in total. The Morgan fingerprint density at radius 1 is 0.550 bits per heavy atom. The molecule has 0 saturated carbocycles. The van der Waals surface area contributed by atoms with E-state index in [1.807, 2.05) is 0 Å². The van der Waals surface area contributed by atoms with E-state index in [9.17, 15) is 0 Å². The summed E-state index contributed by atoms with van der Waals surface area (Å²) in [6.45, 7) is 30.9. The van der Waals surface area contributed by atoms with Crippen LogP contribution in [0.2, 0.25) is 0 Å². The highest BCUT2D eigenvalue weighted by atomic mass is 15.3. The number of hydrogen-bond acceptors (Lipinski definition) is 1. The second-order valence-electron chi connectivity index (χ2n) is 10.7. The number of rotatable bonds is 2. The van der Waals surface area contributed by atoms with Gasteiger partial charge in [0.1, 0.15) is 0 Å². The highest BCUT2D eigenvalue weighted by molar-refractivity contribution is 5.00. The molecule has 0 aromatic carbocycles. The quantitative estimate of drug-likeness (QED) is 0.602. The maximum Gasteiger partial charge on any atom is 0.0185 e. The van der Waals surface area contributed by atoms with Crippen LogP contribution >= 0.6 is 0 Å². The summed E-state index contributed by atoms with van der Waals surface area (Å²) < 4.78 is 0. The van der Waals surface area contributed by atoms with Crippen LogP contribution in [-0.2, 0) is 0 Å². The van der Waals surface area contributed by atoms with Crippen molar-refractivity contribution in [2.75, 3.05) is 0 Å². The monoisotopic (exact) mass is 283 g/mol. The minimum atomic E-state index is 0.162. The number of nitrogens with zero attached hydrogens (tertiary/aromatic N) is 1. The molecule has 2 atom stereocenters. The molecule has 0 fully saturated rings. The van der Waals surface area contributed by atoms with Crippen LogP contribution in [0.15, 0.2) is 0 Å². The Bertz CT molecular complexity index is 287. The van der Waals surface area contributed by atoms with Crippen molar-refractivity contribution in [3.8, 4) is 0 Å². The summed E-state index contributed by atoms with van der Waals surface area (Å²) in [5, 5.41) is 0. The molecular weight excluding hydrogens is 242 g/mol. The predicted octanol–water partition coefficient (Wildman–Crippen LogP) is 5.98. The molecule has 0 amide bonds. The van der Waals surface area contributed by atoms with Crippen molar-refractivity contribution in [2.45, 2.75) is 107 Å². The SMILES string of the molecule is C[C@H]([C@H](N(C(C)(C)C)C(C)(C)C)C(C)(C)C)C(C)(C)C. The molecule has 122 valence electrons. The first kappa shape index (κ1) is 20.0. The van der Waals surface area contributed by atoms with E-state index >= 15 is 0 Å². The summed E-state index contributed by atoms with van der Waals surface area (Å²) in [5.41, 5.74) is 0.894. The Morgan fingerprint density at radius 2 is 0.850 bits per heavy atom. The Morgan fingerprint density at radius 3 is 1.00 bits per heavy atom. The van der Waals surface area contributed by atoms with E-state index in [-0.39, 0.29) is 16.5 Å². The van der Waals surface area contributed by atoms with E-state index in [4.69, 9.17) is 0 Å². The fourth-order valence-corrected chi connectivity index (χ4v) is 3.68. The van der Waals surface area contributed by atoms with E-state index in [1.165, 1.54) is 0 Å². The summed E-state index contributed by atoms with van der Waals surface area (Å²) >= 11 is 0. The Kier molecular flexibility index (Phi) is 5.62. The second-order valence-corrected chi connectivity index (χ2v) is 10.7. The molecule has 0 aliphatic heterocycles. The van der Waals surface area contributed by atoms with E-state index in [0.717, 1.165) is 0 Å². The molecular formula is C19H41N. The zero-order valence-electron chi connectivity index (χ0n) is 16.6. The van der Waals surface area contributed by atoms with E-state index in [2.05, 4.69) is 94.9 Å². The molecule has 1 heteroatoms. The molecule has 0 heterocycles. The van der Waals surface area contributed by atoms with Gasteiger partial charge in [-0.3, -0.25) is 4.90 Å². The van der Waals surface area contributed by atoms with Gasteiger partial charge in [-0.25, -0.2) is 0 Å². The Labute approximate surface area is 129 Å². The molecule has 0 radical (unpaired) electrons. The van der Waals surface area contributed by atoms with Crippen LogP contribution in [-0.4, -0.2) is 22.0 Å².